The van der Waals surface area contributed by atoms with E-state index >= 15 is 0 Å². The van der Waals surface area contributed by atoms with Gasteiger partial charge in [-0.3, -0.25) is 0 Å². The number of urea groups is 1. The van der Waals surface area contributed by atoms with E-state index in [2.05, 4.69) is 15.8 Å². The molecule has 0 aliphatic carbocycles. The first-order valence-electron chi connectivity index (χ1n) is 7.45. The Morgan fingerprint density at radius 3 is 2.83 bits per heavy atom. The van der Waals surface area contributed by atoms with Crippen LogP contribution in [0.5, 0.6) is 0 Å². The highest BCUT2D eigenvalue weighted by Crippen LogP contribution is 2.19. The third-order valence-corrected chi connectivity index (χ3v) is 4.13. The molecule has 0 aliphatic heterocycles. The quantitative estimate of drug-likeness (QED) is 0.642. The van der Waals surface area contributed by atoms with Gasteiger partial charge in [0.1, 0.15) is 5.69 Å². The predicted molar refractivity (Wildman–Crippen MR) is 91.5 cm³/mol. The summed E-state index contributed by atoms with van der Waals surface area (Å²) in [6, 6.07) is 12.9. The summed E-state index contributed by atoms with van der Waals surface area (Å²) in [6.07, 6.45) is -0.710. The molecule has 1 atom stereocenters. The zero-order valence-corrected chi connectivity index (χ0v) is 13.6. The van der Waals surface area contributed by atoms with Crippen LogP contribution in [-0.4, -0.2) is 22.8 Å². The van der Waals surface area contributed by atoms with Crippen LogP contribution in [0.15, 0.2) is 57.7 Å². The van der Waals surface area contributed by atoms with Crippen molar-refractivity contribution in [1.29, 1.82) is 0 Å². The van der Waals surface area contributed by atoms with Gasteiger partial charge in [-0.05, 0) is 22.4 Å². The van der Waals surface area contributed by atoms with Gasteiger partial charge in [-0.2, -0.15) is 11.3 Å². The van der Waals surface area contributed by atoms with Crippen molar-refractivity contribution in [2.75, 3.05) is 6.54 Å². The van der Waals surface area contributed by atoms with Crippen molar-refractivity contribution in [2.24, 2.45) is 0 Å². The van der Waals surface area contributed by atoms with Gasteiger partial charge in [0.2, 0.25) is 0 Å². The number of hydrogen-bond acceptors (Lipinski definition) is 5. The van der Waals surface area contributed by atoms with Crippen molar-refractivity contribution in [3.05, 3.63) is 64.5 Å². The van der Waals surface area contributed by atoms with Gasteiger partial charge in [0.05, 0.1) is 12.6 Å². The highest BCUT2D eigenvalue weighted by molar-refractivity contribution is 7.07. The maximum atomic E-state index is 11.8. The van der Waals surface area contributed by atoms with Gasteiger partial charge in [0, 0.05) is 18.2 Å². The first-order valence-corrected chi connectivity index (χ1v) is 8.39. The zero-order valence-electron chi connectivity index (χ0n) is 12.8. The number of aliphatic hydroxyl groups excluding tert-OH is 1. The lowest BCUT2D eigenvalue weighted by atomic mass is 10.2. The highest BCUT2D eigenvalue weighted by atomic mass is 32.1. The van der Waals surface area contributed by atoms with Crippen molar-refractivity contribution in [1.82, 2.24) is 15.8 Å². The maximum absolute atomic E-state index is 11.8. The van der Waals surface area contributed by atoms with Gasteiger partial charge in [-0.1, -0.05) is 35.5 Å². The van der Waals surface area contributed by atoms with Crippen LogP contribution in [0, 0.1) is 0 Å². The molecule has 6 nitrogen and oxygen atoms in total. The molecule has 3 aromatic rings. The van der Waals surface area contributed by atoms with Crippen LogP contribution in [0.25, 0.3) is 11.3 Å². The first-order chi connectivity index (χ1) is 11.7. The number of nitrogens with zero attached hydrogens (tertiary/aromatic N) is 1. The Labute approximate surface area is 143 Å². The lowest BCUT2D eigenvalue weighted by Crippen LogP contribution is -2.37. The normalized spacial score (nSPS) is 11.9. The fourth-order valence-corrected chi connectivity index (χ4v) is 2.85. The van der Waals surface area contributed by atoms with Gasteiger partial charge in [-0.25, -0.2) is 4.79 Å². The van der Waals surface area contributed by atoms with Crippen LogP contribution in [0.3, 0.4) is 0 Å². The Hall–Kier alpha value is -2.64. The molecule has 0 saturated carbocycles. The molecule has 0 aliphatic rings. The first kappa shape index (κ1) is 16.2. The average molecular weight is 343 g/mol. The van der Waals surface area contributed by atoms with Crippen LogP contribution >= 0.6 is 11.3 Å². The topological polar surface area (TPSA) is 87.4 Å². The Kier molecular flexibility index (Phi) is 5.25. The van der Waals surface area contributed by atoms with Crippen molar-refractivity contribution in [2.45, 2.75) is 12.6 Å². The molecule has 0 saturated heterocycles. The highest BCUT2D eigenvalue weighted by Gasteiger charge is 2.11. The number of aliphatic hydroxyl groups is 1. The number of carbonyl (C=O) groups is 1. The summed E-state index contributed by atoms with van der Waals surface area (Å²) in [5, 5.41) is 22.9. The molecule has 0 spiro atoms. The second kappa shape index (κ2) is 7.76. The van der Waals surface area contributed by atoms with E-state index in [1.807, 2.05) is 47.2 Å². The summed E-state index contributed by atoms with van der Waals surface area (Å²) < 4.78 is 5.27. The number of carbonyl (C=O) groups excluding carboxylic acids is 1. The van der Waals surface area contributed by atoms with E-state index < -0.39 is 6.10 Å². The van der Waals surface area contributed by atoms with Crippen LogP contribution in [0.4, 0.5) is 4.79 Å². The van der Waals surface area contributed by atoms with Crippen LogP contribution in [0.2, 0.25) is 0 Å². The number of nitrogens with one attached hydrogen (secondary N) is 2. The third-order valence-electron chi connectivity index (χ3n) is 3.43. The SMILES string of the molecule is O=C(NCc1cc(-c2ccccc2)on1)NCC(O)c1ccsc1. The van der Waals surface area contributed by atoms with E-state index in [0.717, 1.165) is 11.1 Å². The summed E-state index contributed by atoms with van der Waals surface area (Å²) in [5.41, 5.74) is 2.35. The Balaban J connectivity index is 1.46. The molecule has 7 heteroatoms. The molecule has 1 unspecified atom stereocenters. The molecule has 2 amide bonds. The largest absolute Gasteiger partial charge is 0.387 e. The molecular weight excluding hydrogens is 326 g/mol. The Morgan fingerprint density at radius 1 is 1.25 bits per heavy atom. The van der Waals surface area contributed by atoms with Crippen LogP contribution in [0.1, 0.15) is 17.4 Å². The molecule has 0 fully saturated rings. The van der Waals surface area contributed by atoms with Gasteiger partial charge in [0.15, 0.2) is 5.76 Å². The Bertz CT molecular complexity index is 772. The number of hydrogen-bond donors (Lipinski definition) is 3. The standard InChI is InChI=1S/C17H17N3O3S/c21-15(13-6-7-24-11-13)10-19-17(22)18-9-14-8-16(23-20-14)12-4-2-1-3-5-12/h1-8,11,15,21H,9-10H2,(H2,18,19,22). The monoisotopic (exact) mass is 343 g/mol. The maximum Gasteiger partial charge on any atom is 0.315 e. The number of benzene rings is 1. The molecule has 2 heterocycles. The van der Waals surface area contributed by atoms with Gasteiger partial charge < -0.3 is 20.3 Å². The van der Waals surface area contributed by atoms with E-state index in [1.54, 1.807) is 6.07 Å². The van der Waals surface area contributed by atoms with Crippen molar-refractivity contribution in [3.8, 4) is 11.3 Å². The number of amides is 2. The molecule has 124 valence electrons. The molecule has 24 heavy (non-hydrogen) atoms. The fraction of sp³-hybridized carbons (Fsp3) is 0.176. The van der Waals surface area contributed by atoms with E-state index in [1.165, 1.54) is 11.3 Å². The minimum absolute atomic E-state index is 0.149. The zero-order chi connectivity index (χ0) is 16.8. The number of thiophene rings is 1. The molecule has 1 aromatic carbocycles. The van der Waals surface area contributed by atoms with E-state index in [4.69, 9.17) is 4.52 Å². The minimum atomic E-state index is -0.710. The third kappa shape index (κ3) is 4.21. The second-order valence-electron chi connectivity index (χ2n) is 5.18. The van der Waals surface area contributed by atoms with Gasteiger partial charge in [-0.15, -0.1) is 0 Å². The summed E-state index contributed by atoms with van der Waals surface area (Å²) >= 11 is 1.50. The van der Waals surface area contributed by atoms with Crippen molar-refractivity contribution >= 4 is 17.4 Å². The molecule has 0 bridgehead atoms. The molecule has 0 radical (unpaired) electrons. The lowest BCUT2D eigenvalue weighted by molar-refractivity contribution is 0.173. The minimum Gasteiger partial charge on any atom is -0.387 e. The van der Waals surface area contributed by atoms with Crippen LogP contribution < -0.4 is 10.6 Å². The van der Waals surface area contributed by atoms with E-state index in [0.29, 0.717) is 11.5 Å². The predicted octanol–water partition coefficient (Wildman–Crippen LogP) is 2.94. The summed E-state index contributed by atoms with van der Waals surface area (Å²) in [5.74, 6) is 0.653. The van der Waals surface area contributed by atoms with Crippen LogP contribution in [-0.2, 0) is 6.54 Å². The molecule has 2 aromatic heterocycles. The molecule has 3 N–H and O–H groups in total. The second-order valence-corrected chi connectivity index (χ2v) is 5.96. The average Bonchev–Trinajstić information content (AvgIpc) is 3.30. The summed E-state index contributed by atoms with van der Waals surface area (Å²) in [6.45, 7) is 0.396. The van der Waals surface area contributed by atoms with E-state index in [9.17, 15) is 9.90 Å². The van der Waals surface area contributed by atoms with Crippen molar-refractivity contribution in [3.63, 3.8) is 0 Å². The summed E-state index contributed by atoms with van der Waals surface area (Å²) in [7, 11) is 0. The molecule has 3 rings (SSSR count). The fourth-order valence-electron chi connectivity index (χ4n) is 2.14. The van der Waals surface area contributed by atoms with E-state index in [-0.39, 0.29) is 19.1 Å². The summed E-state index contributed by atoms with van der Waals surface area (Å²) in [4.78, 5) is 11.8. The Morgan fingerprint density at radius 2 is 2.08 bits per heavy atom. The molecular formula is C17H17N3O3S. The van der Waals surface area contributed by atoms with Crippen molar-refractivity contribution < 1.29 is 14.4 Å². The van der Waals surface area contributed by atoms with Gasteiger partial charge >= 0.3 is 6.03 Å². The smallest absolute Gasteiger partial charge is 0.315 e. The number of aromatic nitrogens is 1. The van der Waals surface area contributed by atoms with Gasteiger partial charge in [0.25, 0.3) is 0 Å². The number of rotatable bonds is 6. The lowest BCUT2D eigenvalue weighted by Gasteiger charge is -2.10.